The summed E-state index contributed by atoms with van der Waals surface area (Å²) in [7, 11) is 0. The first-order valence-electron chi connectivity index (χ1n) is 12.1. The van der Waals surface area contributed by atoms with Gasteiger partial charge in [0.1, 0.15) is 6.10 Å². The summed E-state index contributed by atoms with van der Waals surface area (Å²) in [5, 5.41) is 48.1. The largest absolute Gasteiger partial charge is 0.481 e. The summed E-state index contributed by atoms with van der Waals surface area (Å²) in [5.74, 6) is -3.18. The Hall–Kier alpha value is -2.23. The molecular weight excluding hydrogens is 444 g/mol. The zero-order valence-electron chi connectivity index (χ0n) is 20.6. The number of rotatable bonds is 19. The molecule has 0 aliphatic carbocycles. The van der Waals surface area contributed by atoms with Crippen LogP contribution in [0.3, 0.4) is 0 Å². The molecule has 0 fully saturated rings. The first-order valence-corrected chi connectivity index (χ1v) is 12.1. The third-order valence-electron chi connectivity index (χ3n) is 4.44. The normalized spacial score (nSPS) is 10.6. The maximum atomic E-state index is 10.3. The van der Waals surface area contributed by atoms with Crippen LogP contribution in [-0.2, 0) is 14.4 Å². The van der Waals surface area contributed by atoms with E-state index in [1.54, 1.807) is 0 Å². The van der Waals surface area contributed by atoms with E-state index in [0.717, 1.165) is 12.8 Å². The highest BCUT2D eigenvalue weighted by atomic mass is 16.4. The molecule has 200 valence electrons. The number of hydrogen-bond acceptors (Lipinski definition) is 6. The lowest BCUT2D eigenvalue weighted by atomic mass is 10.1. The van der Waals surface area contributed by atoms with E-state index in [1.165, 1.54) is 70.6 Å². The van der Waals surface area contributed by atoms with Crippen molar-refractivity contribution in [1.82, 2.24) is 0 Å². The molecule has 6 N–H and O–H groups in total. The molecule has 9 heteroatoms. The Morgan fingerprint density at radius 3 is 1.35 bits per heavy atom. The maximum absolute atomic E-state index is 10.3. The molecule has 0 spiro atoms. The van der Waals surface area contributed by atoms with Gasteiger partial charge in [-0.2, -0.15) is 0 Å². The van der Waals surface area contributed by atoms with Crippen LogP contribution in [0.2, 0.25) is 0 Å². The lowest BCUT2D eigenvalue weighted by Gasteiger charge is -1.99. The zero-order valence-corrected chi connectivity index (χ0v) is 20.6. The van der Waals surface area contributed by atoms with Gasteiger partial charge in [-0.05, 0) is 32.1 Å². The van der Waals surface area contributed by atoms with Crippen molar-refractivity contribution in [1.29, 1.82) is 0 Å². The number of aliphatic hydroxyl groups excluding tert-OH is 3. The van der Waals surface area contributed by atoms with Crippen molar-refractivity contribution in [3.05, 3.63) is 24.3 Å². The summed E-state index contributed by atoms with van der Waals surface area (Å²) in [6.45, 7) is 1.53. The molecule has 0 radical (unpaired) electrons. The minimum atomic E-state index is -1.26. The highest BCUT2D eigenvalue weighted by Crippen LogP contribution is 2.09. The molecule has 0 heterocycles. The van der Waals surface area contributed by atoms with Crippen molar-refractivity contribution < 1.29 is 45.0 Å². The standard InChI is InChI=1S/C18H34O2.C4H4O4.C3H8O3/c1-2-3-4-5-6-7-8-9-10-11-12-13-14-15-16-17-18(19)20;5-3(6)1-2-4(7)8;4-1-3(6)2-5/h9-10H,2-8,11-17H2,1H3,(H,19,20);1-2H,(H,5,6)(H,7,8);3-6H,1-2H2. The summed E-state index contributed by atoms with van der Waals surface area (Å²) in [5.41, 5.74) is 0. The van der Waals surface area contributed by atoms with Crippen LogP contribution in [0.5, 0.6) is 0 Å². The SMILES string of the molecule is CCCCCCCCC=CCCCCCCCC(=O)O.O=C(O)C=CC(=O)O.OCC(O)CO. The van der Waals surface area contributed by atoms with Gasteiger partial charge in [-0.1, -0.05) is 70.4 Å². The van der Waals surface area contributed by atoms with Crippen molar-refractivity contribution in [2.75, 3.05) is 13.2 Å². The highest BCUT2D eigenvalue weighted by Gasteiger charge is 1.96. The first-order chi connectivity index (χ1) is 16.2. The minimum Gasteiger partial charge on any atom is -0.481 e. The van der Waals surface area contributed by atoms with Gasteiger partial charge in [0, 0.05) is 18.6 Å². The smallest absolute Gasteiger partial charge is 0.328 e. The summed E-state index contributed by atoms with van der Waals surface area (Å²) in [4.78, 5) is 29.4. The summed E-state index contributed by atoms with van der Waals surface area (Å²) >= 11 is 0. The monoisotopic (exact) mass is 490 g/mol. The van der Waals surface area contributed by atoms with E-state index in [-0.39, 0.29) is 13.2 Å². The van der Waals surface area contributed by atoms with Crippen LogP contribution in [0.1, 0.15) is 96.8 Å². The van der Waals surface area contributed by atoms with Crippen LogP contribution in [0.4, 0.5) is 0 Å². The maximum Gasteiger partial charge on any atom is 0.328 e. The molecule has 0 aromatic carbocycles. The van der Waals surface area contributed by atoms with Gasteiger partial charge in [-0.15, -0.1) is 0 Å². The number of carbonyl (C=O) groups is 3. The van der Waals surface area contributed by atoms with E-state index in [2.05, 4.69) is 19.1 Å². The third kappa shape index (κ3) is 43.6. The Labute approximate surface area is 203 Å². The van der Waals surface area contributed by atoms with Crippen LogP contribution in [0.15, 0.2) is 24.3 Å². The second kappa shape index (κ2) is 30.8. The van der Waals surface area contributed by atoms with E-state index in [9.17, 15) is 14.4 Å². The Morgan fingerprint density at radius 2 is 1.03 bits per heavy atom. The van der Waals surface area contributed by atoms with Gasteiger partial charge in [0.05, 0.1) is 13.2 Å². The number of hydrogen-bond donors (Lipinski definition) is 6. The molecule has 0 aromatic heterocycles. The summed E-state index contributed by atoms with van der Waals surface area (Å²) in [6, 6.07) is 0. The summed E-state index contributed by atoms with van der Waals surface area (Å²) in [6.07, 6.45) is 21.4. The van der Waals surface area contributed by atoms with Gasteiger partial charge in [0.25, 0.3) is 0 Å². The zero-order chi connectivity index (χ0) is 26.5. The molecule has 0 aromatic rings. The Morgan fingerprint density at radius 1 is 0.647 bits per heavy atom. The molecule has 0 amide bonds. The van der Waals surface area contributed by atoms with E-state index in [0.29, 0.717) is 18.6 Å². The van der Waals surface area contributed by atoms with Gasteiger partial charge in [-0.3, -0.25) is 4.79 Å². The number of aliphatic carboxylic acids is 3. The molecule has 34 heavy (non-hydrogen) atoms. The molecular formula is C25H46O9. The molecule has 9 nitrogen and oxygen atoms in total. The summed E-state index contributed by atoms with van der Waals surface area (Å²) < 4.78 is 0. The van der Waals surface area contributed by atoms with Crippen LogP contribution in [0, 0.1) is 0 Å². The fourth-order valence-electron chi connectivity index (χ4n) is 2.55. The van der Waals surface area contributed by atoms with Crippen molar-refractivity contribution in [3.8, 4) is 0 Å². The molecule has 0 saturated carbocycles. The molecule has 0 bridgehead atoms. The van der Waals surface area contributed by atoms with Gasteiger partial charge in [-0.25, -0.2) is 9.59 Å². The average Bonchev–Trinajstić information content (AvgIpc) is 2.80. The number of carboxylic acids is 3. The predicted octanol–water partition coefficient (Wildman–Crippen LogP) is 4.15. The number of allylic oxidation sites excluding steroid dienone is 2. The van der Waals surface area contributed by atoms with Crippen molar-refractivity contribution in [2.45, 2.75) is 103 Å². The van der Waals surface area contributed by atoms with E-state index >= 15 is 0 Å². The third-order valence-corrected chi connectivity index (χ3v) is 4.44. The average molecular weight is 491 g/mol. The molecule has 0 aliphatic rings. The molecule has 0 rings (SSSR count). The van der Waals surface area contributed by atoms with Gasteiger partial charge >= 0.3 is 17.9 Å². The van der Waals surface area contributed by atoms with Crippen molar-refractivity contribution in [2.24, 2.45) is 0 Å². The van der Waals surface area contributed by atoms with Crippen molar-refractivity contribution in [3.63, 3.8) is 0 Å². The topological polar surface area (TPSA) is 173 Å². The van der Waals surface area contributed by atoms with E-state index in [1.807, 2.05) is 0 Å². The lowest BCUT2D eigenvalue weighted by molar-refractivity contribution is -0.137. The number of carboxylic acid groups (broad SMARTS) is 3. The van der Waals surface area contributed by atoms with E-state index in [4.69, 9.17) is 30.6 Å². The fraction of sp³-hybridized carbons (Fsp3) is 0.720. The number of unbranched alkanes of at least 4 members (excludes halogenated alkanes) is 11. The molecule has 0 saturated heterocycles. The highest BCUT2D eigenvalue weighted by molar-refractivity contribution is 5.89. The minimum absolute atomic E-state index is 0.332. The second-order valence-corrected chi connectivity index (χ2v) is 7.76. The number of aliphatic hydroxyl groups is 3. The predicted molar refractivity (Wildman–Crippen MR) is 132 cm³/mol. The van der Waals surface area contributed by atoms with Crippen LogP contribution >= 0.6 is 0 Å². The Kier molecular flexibility index (Phi) is 32.9. The van der Waals surface area contributed by atoms with Gasteiger partial charge < -0.3 is 30.6 Å². The van der Waals surface area contributed by atoms with Gasteiger partial charge in [0.2, 0.25) is 0 Å². The van der Waals surface area contributed by atoms with Crippen LogP contribution in [0.25, 0.3) is 0 Å². The van der Waals surface area contributed by atoms with Gasteiger partial charge in [0.15, 0.2) is 0 Å². The lowest BCUT2D eigenvalue weighted by Crippen LogP contribution is -2.15. The van der Waals surface area contributed by atoms with E-state index < -0.39 is 24.0 Å². The van der Waals surface area contributed by atoms with Crippen LogP contribution < -0.4 is 0 Å². The Balaban J connectivity index is -0.000000560. The second-order valence-electron chi connectivity index (χ2n) is 7.76. The Bertz CT molecular complexity index is 510. The molecule has 0 aliphatic heterocycles. The van der Waals surface area contributed by atoms with Crippen molar-refractivity contribution >= 4 is 17.9 Å². The van der Waals surface area contributed by atoms with Crippen LogP contribution in [-0.4, -0.2) is 67.9 Å². The first kappa shape index (κ1) is 36.3. The fourth-order valence-corrected chi connectivity index (χ4v) is 2.55. The molecule has 0 unspecified atom stereocenters. The molecule has 0 atom stereocenters. The quantitative estimate of drug-likeness (QED) is 0.0883.